The first-order valence-corrected chi connectivity index (χ1v) is 13.6. The van der Waals surface area contributed by atoms with Crippen LogP contribution >= 0.6 is 0 Å². The molecule has 0 aromatic heterocycles. The highest BCUT2D eigenvalue weighted by Crippen LogP contribution is 2.58. The molecule has 0 saturated carbocycles. The molecule has 4 N–H and O–H groups in total. The van der Waals surface area contributed by atoms with Crippen LogP contribution in [0.1, 0.15) is 99.8 Å². The Morgan fingerprint density at radius 1 is 1.00 bits per heavy atom. The van der Waals surface area contributed by atoms with Gasteiger partial charge in [-0.15, -0.1) is 0 Å². The van der Waals surface area contributed by atoms with E-state index >= 15 is 0 Å². The zero-order chi connectivity index (χ0) is 26.1. The molecular formula is C29H44O7. The Hall–Kier alpha value is -1.64. The maximum atomic E-state index is 10.7. The maximum absolute atomic E-state index is 10.7. The third-order valence-corrected chi connectivity index (χ3v) is 8.26. The highest BCUT2D eigenvalue weighted by Gasteiger charge is 2.44. The van der Waals surface area contributed by atoms with Crippen LogP contribution in [0.15, 0.2) is 11.6 Å². The predicted molar refractivity (Wildman–Crippen MR) is 138 cm³/mol. The minimum absolute atomic E-state index is 0.114. The van der Waals surface area contributed by atoms with Gasteiger partial charge in [0.15, 0.2) is 11.5 Å². The summed E-state index contributed by atoms with van der Waals surface area (Å²) in [7, 11) is 0. The predicted octanol–water partition coefficient (Wildman–Crippen LogP) is 4.03. The van der Waals surface area contributed by atoms with Crippen molar-refractivity contribution in [2.75, 3.05) is 19.8 Å². The summed E-state index contributed by atoms with van der Waals surface area (Å²) in [6.45, 7) is 11.4. The van der Waals surface area contributed by atoms with Crippen molar-refractivity contribution in [1.82, 2.24) is 0 Å². The molecule has 4 rings (SSSR count). The molecule has 0 bridgehead atoms. The van der Waals surface area contributed by atoms with Gasteiger partial charge in [-0.2, -0.15) is 0 Å². The number of unbranched alkanes of at least 4 members (excludes halogenated alkanes) is 1. The summed E-state index contributed by atoms with van der Waals surface area (Å²) in [6, 6.07) is 0. The van der Waals surface area contributed by atoms with Crippen LogP contribution < -0.4 is 9.47 Å². The van der Waals surface area contributed by atoms with Crippen molar-refractivity contribution >= 4 is 0 Å². The highest BCUT2D eigenvalue weighted by atomic mass is 16.7. The van der Waals surface area contributed by atoms with E-state index in [4.69, 9.17) is 14.2 Å². The van der Waals surface area contributed by atoms with Crippen LogP contribution in [-0.2, 0) is 4.74 Å². The molecule has 202 valence electrons. The molecular weight excluding hydrogens is 460 g/mol. The lowest BCUT2D eigenvalue weighted by Gasteiger charge is -2.44. The second kappa shape index (κ2) is 11.4. The number of rotatable bonds is 8. The fourth-order valence-corrected chi connectivity index (χ4v) is 6.45. The fraction of sp³-hybridized carbons (Fsp3) is 0.724. The van der Waals surface area contributed by atoms with Crippen molar-refractivity contribution < 1.29 is 34.6 Å². The summed E-state index contributed by atoms with van der Waals surface area (Å²) in [5.41, 5.74) is 6.16. The van der Waals surface area contributed by atoms with Gasteiger partial charge in [0.1, 0.15) is 18.3 Å². The molecule has 1 heterocycles. The number of hydrogen-bond donors (Lipinski definition) is 4. The van der Waals surface area contributed by atoms with Crippen molar-refractivity contribution in [2.24, 2.45) is 5.92 Å². The molecule has 0 radical (unpaired) electrons. The first-order valence-electron chi connectivity index (χ1n) is 13.6. The van der Waals surface area contributed by atoms with Crippen molar-refractivity contribution in [3.8, 4) is 11.5 Å². The summed E-state index contributed by atoms with van der Waals surface area (Å²) in [5.74, 6) is 2.74. The van der Waals surface area contributed by atoms with Crippen LogP contribution in [0.2, 0.25) is 0 Å². The van der Waals surface area contributed by atoms with E-state index in [-0.39, 0.29) is 19.1 Å². The molecule has 1 fully saturated rings. The van der Waals surface area contributed by atoms with Crippen LogP contribution in [0.5, 0.6) is 11.5 Å². The molecule has 1 aliphatic heterocycles. The van der Waals surface area contributed by atoms with Gasteiger partial charge in [-0.1, -0.05) is 25.5 Å². The second-order valence-electron chi connectivity index (χ2n) is 11.3. The molecule has 1 aromatic rings. The van der Waals surface area contributed by atoms with Gasteiger partial charge in [-0.05, 0) is 87.3 Å². The SMILES string of the molecule is CC(C)=C[C@H]1C[C@H](C)[C@H]2CC[C@H](C)c3c(O[C@@H]4OC[C@@H](O)[C@H](O)[C@H]4O)c(OCCCCO)c(C)c1c32. The van der Waals surface area contributed by atoms with E-state index in [9.17, 15) is 20.4 Å². The number of allylic oxidation sites excluding steroid dienone is 2. The second-order valence-corrected chi connectivity index (χ2v) is 11.3. The van der Waals surface area contributed by atoms with Gasteiger partial charge in [0.05, 0.1) is 13.2 Å². The lowest BCUT2D eigenvalue weighted by atomic mass is 9.62. The first-order chi connectivity index (χ1) is 17.1. The molecule has 36 heavy (non-hydrogen) atoms. The number of hydrogen-bond acceptors (Lipinski definition) is 7. The van der Waals surface area contributed by atoms with E-state index in [2.05, 4.69) is 40.7 Å². The highest BCUT2D eigenvalue weighted by molar-refractivity contribution is 5.65. The van der Waals surface area contributed by atoms with E-state index in [0.29, 0.717) is 48.7 Å². The molecule has 7 nitrogen and oxygen atoms in total. The summed E-state index contributed by atoms with van der Waals surface area (Å²) in [6.07, 6.45) is 1.99. The number of aliphatic hydroxyl groups is 4. The van der Waals surface area contributed by atoms with E-state index < -0.39 is 24.6 Å². The Balaban J connectivity index is 1.87. The van der Waals surface area contributed by atoms with Gasteiger partial charge in [-0.25, -0.2) is 0 Å². The Morgan fingerprint density at radius 2 is 1.75 bits per heavy atom. The van der Waals surface area contributed by atoms with Crippen molar-refractivity contribution in [3.63, 3.8) is 0 Å². The van der Waals surface area contributed by atoms with E-state index in [1.54, 1.807) is 0 Å². The summed E-state index contributed by atoms with van der Waals surface area (Å²) < 4.78 is 18.5. The zero-order valence-electron chi connectivity index (χ0n) is 22.4. The van der Waals surface area contributed by atoms with Gasteiger partial charge in [0.2, 0.25) is 6.29 Å². The number of ether oxygens (including phenoxy) is 3. The minimum Gasteiger partial charge on any atom is -0.489 e. The molecule has 3 aliphatic rings. The van der Waals surface area contributed by atoms with Crippen LogP contribution in [0.3, 0.4) is 0 Å². The van der Waals surface area contributed by atoms with Crippen LogP contribution in [0, 0.1) is 12.8 Å². The maximum Gasteiger partial charge on any atom is 0.229 e. The summed E-state index contributed by atoms with van der Waals surface area (Å²) in [4.78, 5) is 0. The lowest BCUT2D eigenvalue weighted by Crippen LogP contribution is -2.55. The molecule has 1 aromatic carbocycles. The Morgan fingerprint density at radius 3 is 2.44 bits per heavy atom. The van der Waals surface area contributed by atoms with Crippen LogP contribution in [0.25, 0.3) is 0 Å². The van der Waals surface area contributed by atoms with Crippen LogP contribution in [-0.4, -0.2) is 64.8 Å². The van der Waals surface area contributed by atoms with E-state index in [1.165, 1.54) is 16.7 Å². The summed E-state index contributed by atoms with van der Waals surface area (Å²) >= 11 is 0. The van der Waals surface area contributed by atoms with Gasteiger partial charge in [0, 0.05) is 18.1 Å². The third kappa shape index (κ3) is 5.18. The number of benzene rings is 1. The molecule has 7 heteroatoms. The topological polar surface area (TPSA) is 109 Å². The van der Waals surface area contributed by atoms with Crippen molar-refractivity contribution in [2.45, 2.75) is 109 Å². The first kappa shape index (κ1) is 27.4. The van der Waals surface area contributed by atoms with Gasteiger partial charge in [0.25, 0.3) is 0 Å². The summed E-state index contributed by atoms with van der Waals surface area (Å²) in [5, 5.41) is 40.1. The lowest BCUT2D eigenvalue weighted by molar-refractivity contribution is -0.242. The molecule has 0 spiro atoms. The largest absolute Gasteiger partial charge is 0.489 e. The third-order valence-electron chi connectivity index (χ3n) is 8.26. The minimum atomic E-state index is -1.38. The Kier molecular flexibility index (Phi) is 8.67. The quantitative estimate of drug-likeness (QED) is 0.313. The molecule has 2 aliphatic carbocycles. The Labute approximate surface area is 215 Å². The van der Waals surface area contributed by atoms with Gasteiger partial charge in [-0.3, -0.25) is 0 Å². The normalized spacial score (nSPS) is 33.6. The van der Waals surface area contributed by atoms with E-state index in [1.807, 2.05) is 0 Å². The average molecular weight is 505 g/mol. The van der Waals surface area contributed by atoms with Gasteiger partial charge < -0.3 is 34.6 Å². The fourth-order valence-electron chi connectivity index (χ4n) is 6.45. The smallest absolute Gasteiger partial charge is 0.229 e. The van der Waals surface area contributed by atoms with Gasteiger partial charge >= 0.3 is 0 Å². The zero-order valence-corrected chi connectivity index (χ0v) is 22.4. The van der Waals surface area contributed by atoms with Crippen molar-refractivity contribution in [1.29, 1.82) is 0 Å². The average Bonchev–Trinajstić information content (AvgIpc) is 2.82. The number of aliphatic hydroxyl groups excluding tert-OH is 4. The van der Waals surface area contributed by atoms with Crippen LogP contribution in [0.4, 0.5) is 0 Å². The molecule has 8 atom stereocenters. The Bertz CT molecular complexity index is 954. The van der Waals surface area contributed by atoms with Crippen molar-refractivity contribution in [3.05, 3.63) is 33.9 Å². The van der Waals surface area contributed by atoms with E-state index in [0.717, 1.165) is 30.4 Å². The molecule has 1 saturated heterocycles. The standard InChI is InChI=1S/C29H44O7/c1-15(2)12-19-13-17(4)20-9-8-16(3)22-24(20)23(19)18(5)27(34-11-7-6-10-30)28(22)36-29-26(33)25(32)21(31)14-35-29/h12,16-17,19-21,25-26,29-33H,6-11,13-14H2,1-5H3/t16-,17-,19-,20+,21+,25-,26+,29-/m0/s1. The molecule has 0 unspecified atom stereocenters. The monoisotopic (exact) mass is 504 g/mol. The molecule has 0 amide bonds.